The number of nitro benzene ring substituents is 1. The fraction of sp³-hybridized carbons (Fsp3) is 0.160. The summed E-state index contributed by atoms with van der Waals surface area (Å²) in [6, 6.07) is 15.3. The molecule has 2 N–H and O–H groups in total. The van der Waals surface area contributed by atoms with E-state index in [2.05, 4.69) is 21.7 Å². The molecule has 0 unspecified atom stereocenters. The van der Waals surface area contributed by atoms with E-state index in [-0.39, 0.29) is 28.7 Å². The van der Waals surface area contributed by atoms with Gasteiger partial charge in [0.15, 0.2) is 16.4 Å². The molecule has 0 saturated heterocycles. The quantitative estimate of drug-likeness (QED) is 0.205. The van der Waals surface area contributed by atoms with Gasteiger partial charge in [-0.2, -0.15) is 0 Å². The van der Waals surface area contributed by atoms with Crippen molar-refractivity contribution < 1.29 is 18.9 Å². The Morgan fingerprint density at radius 1 is 1.11 bits per heavy atom. The van der Waals surface area contributed by atoms with Crippen LogP contribution in [0.15, 0.2) is 59.0 Å². The summed E-state index contributed by atoms with van der Waals surface area (Å²) in [5, 5.41) is 16.8. The Morgan fingerprint density at radius 2 is 1.86 bits per heavy atom. The van der Waals surface area contributed by atoms with E-state index < -0.39 is 10.8 Å². The number of aryl methyl sites for hydroxylation is 2. The Labute approximate surface area is 206 Å². The SMILES string of the molecule is CCOc1ccc(C(=O)NC(=S)Nc2ccc3oc(-c4cc(C)cc(C)c4)nc3c2)cc1[N+](=O)[O-]. The predicted octanol–water partition coefficient (Wildman–Crippen LogP) is 5.55. The van der Waals surface area contributed by atoms with Gasteiger partial charge in [-0.25, -0.2) is 4.98 Å². The number of hydrogen-bond donors (Lipinski definition) is 2. The Bertz CT molecular complexity index is 1440. The van der Waals surface area contributed by atoms with E-state index in [0.29, 0.717) is 22.7 Å². The second kappa shape index (κ2) is 9.90. The lowest BCUT2D eigenvalue weighted by molar-refractivity contribution is -0.385. The molecule has 35 heavy (non-hydrogen) atoms. The van der Waals surface area contributed by atoms with Gasteiger partial charge in [-0.3, -0.25) is 20.2 Å². The van der Waals surface area contributed by atoms with Gasteiger partial charge < -0.3 is 14.5 Å². The summed E-state index contributed by atoms with van der Waals surface area (Å²) in [6.07, 6.45) is 0. The first kappa shape index (κ1) is 23.8. The monoisotopic (exact) mass is 490 g/mol. The van der Waals surface area contributed by atoms with Gasteiger partial charge in [-0.1, -0.05) is 17.2 Å². The van der Waals surface area contributed by atoms with Gasteiger partial charge in [-0.05, 0) is 75.5 Å². The van der Waals surface area contributed by atoms with Gasteiger partial charge in [0.2, 0.25) is 5.89 Å². The van der Waals surface area contributed by atoms with Crippen LogP contribution in [0.5, 0.6) is 5.75 Å². The number of aromatic nitrogens is 1. The number of oxazole rings is 1. The number of fused-ring (bicyclic) bond motifs is 1. The minimum atomic E-state index is -0.599. The summed E-state index contributed by atoms with van der Waals surface area (Å²) >= 11 is 5.25. The van der Waals surface area contributed by atoms with Crippen LogP contribution >= 0.6 is 12.2 Å². The summed E-state index contributed by atoms with van der Waals surface area (Å²) in [4.78, 5) is 27.9. The number of hydrogen-bond acceptors (Lipinski definition) is 7. The number of rotatable bonds is 6. The molecule has 0 aliphatic rings. The minimum absolute atomic E-state index is 0.0314. The molecule has 9 nitrogen and oxygen atoms in total. The third kappa shape index (κ3) is 5.44. The highest BCUT2D eigenvalue weighted by Gasteiger charge is 2.19. The van der Waals surface area contributed by atoms with Crippen molar-refractivity contribution in [2.24, 2.45) is 0 Å². The molecule has 1 heterocycles. The van der Waals surface area contributed by atoms with Gasteiger partial charge in [-0.15, -0.1) is 0 Å². The second-order valence-electron chi connectivity index (χ2n) is 7.86. The van der Waals surface area contributed by atoms with Crippen LogP contribution in [0.4, 0.5) is 11.4 Å². The average molecular weight is 491 g/mol. The van der Waals surface area contributed by atoms with Gasteiger partial charge >= 0.3 is 5.69 Å². The van der Waals surface area contributed by atoms with Crippen LogP contribution in [0.1, 0.15) is 28.4 Å². The van der Waals surface area contributed by atoms with Gasteiger partial charge in [0.1, 0.15) is 5.52 Å². The topological polar surface area (TPSA) is 120 Å². The molecule has 1 aromatic heterocycles. The second-order valence-corrected chi connectivity index (χ2v) is 8.27. The molecule has 0 radical (unpaired) electrons. The number of benzene rings is 3. The van der Waals surface area contributed by atoms with Crippen LogP contribution in [-0.2, 0) is 0 Å². The molecule has 10 heteroatoms. The van der Waals surface area contributed by atoms with E-state index in [0.717, 1.165) is 22.8 Å². The first-order valence-corrected chi connectivity index (χ1v) is 11.2. The average Bonchev–Trinajstić information content (AvgIpc) is 3.22. The zero-order valence-electron chi connectivity index (χ0n) is 19.2. The Hall–Kier alpha value is -4.31. The minimum Gasteiger partial charge on any atom is -0.487 e. The van der Waals surface area contributed by atoms with Crippen molar-refractivity contribution >= 4 is 45.7 Å². The number of ether oxygens (including phenoxy) is 1. The van der Waals surface area contributed by atoms with E-state index in [1.165, 1.54) is 12.1 Å². The number of amides is 1. The van der Waals surface area contributed by atoms with Crippen molar-refractivity contribution in [1.82, 2.24) is 10.3 Å². The summed E-state index contributed by atoms with van der Waals surface area (Å²) in [7, 11) is 0. The Balaban J connectivity index is 1.48. The highest BCUT2D eigenvalue weighted by Crippen LogP contribution is 2.29. The highest BCUT2D eigenvalue weighted by molar-refractivity contribution is 7.80. The van der Waals surface area contributed by atoms with E-state index in [1.807, 2.05) is 26.0 Å². The molecule has 0 spiro atoms. The fourth-order valence-corrected chi connectivity index (χ4v) is 3.85. The third-order valence-corrected chi connectivity index (χ3v) is 5.26. The van der Waals surface area contributed by atoms with Crippen LogP contribution in [0.25, 0.3) is 22.6 Å². The van der Waals surface area contributed by atoms with E-state index in [1.54, 1.807) is 25.1 Å². The normalized spacial score (nSPS) is 10.7. The number of nitro groups is 1. The summed E-state index contributed by atoms with van der Waals surface area (Å²) in [5.74, 6) is 0.0149. The van der Waals surface area contributed by atoms with E-state index in [4.69, 9.17) is 21.4 Å². The number of nitrogens with zero attached hydrogens (tertiary/aromatic N) is 2. The molecule has 0 saturated carbocycles. The molecule has 0 atom stereocenters. The van der Waals surface area contributed by atoms with Gasteiger partial charge in [0.05, 0.1) is 11.5 Å². The molecule has 0 fully saturated rings. The first-order chi connectivity index (χ1) is 16.7. The lowest BCUT2D eigenvalue weighted by Gasteiger charge is -2.10. The summed E-state index contributed by atoms with van der Waals surface area (Å²) < 4.78 is 11.1. The fourth-order valence-electron chi connectivity index (χ4n) is 3.64. The lowest BCUT2D eigenvalue weighted by Crippen LogP contribution is -2.34. The molecule has 1 amide bonds. The summed E-state index contributed by atoms with van der Waals surface area (Å²) in [6.45, 7) is 6.02. The maximum Gasteiger partial charge on any atom is 0.311 e. The zero-order chi connectivity index (χ0) is 25.1. The molecular formula is C25H22N4O5S. The number of nitrogens with one attached hydrogen (secondary N) is 2. The standard InChI is InChI=1S/C25H22N4O5S/c1-4-33-22-7-5-16(12-20(22)29(31)32)23(30)28-25(35)26-18-6-8-21-19(13-18)27-24(34-21)17-10-14(2)9-15(3)11-17/h5-13H,4H2,1-3H3,(H2,26,28,30,35). The largest absolute Gasteiger partial charge is 0.487 e. The van der Waals surface area contributed by atoms with Crippen molar-refractivity contribution in [2.45, 2.75) is 20.8 Å². The van der Waals surface area contributed by atoms with Crippen LogP contribution < -0.4 is 15.4 Å². The molecule has 4 aromatic rings. The Morgan fingerprint density at radius 3 is 2.54 bits per heavy atom. The van der Waals surface area contributed by atoms with Gasteiger partial charge in [0.25, 0.3) is 5.91 Å². The van der Waals surface area contributed by atoms with E-state index in [9.17, 15) is 14.9 Å². The van der Waals surface area contributed by atoms with Crippen molar-refractivity contribution in [3.63, 3.8) is 0 Å². The first-order valence-electron chi connectivity index (χ1n) is 10.8. The number of carbonyl (C=O) groups is 1. The molecule has 3 aromatic carbocycles. The van der Waals surface area contributed by atoms with Crippen LogP contribution in [0.3, 0.4) is 0 Å². The predicted molar refractivity (Wildman–Crippen MR) is 137 cm³/mol. The molecule has 0 bridgehead atoms. The van der Waals surface area contributed by atoms with Crippen LogP contribution in [0.2, 0.25) is 0 Å². The van der Waals surface area contributed by atoms with Crippen molar-refractivity contribution in [2.75, 3.05) is 11.9 Å². The third-order valence-electron chi connectivity index (χ3n) is 5.06. The smallest absolute Gasteiger partial charge is 0.311 e. The molecule has 0 aliphatic heterocycles. The number of carbonyl (C=O) groups excluding carboxylic acids is 1. The number of thiocarbonyl (C=S) groups is 1. The lowest BCUT2D eigenvalue weighted by atomic mass is 10.1. The van der Waals surface area contributed by atoms with Crippen LogP contribution in [0, 0.1) is 24.0 Å². The van der Waals surface area contributed by atoms with Crippen molar-refractivity contribution in [3.8, 4) is 17.2 Å². The maximum absolute atomic E-state index is 12.6. The molecule has 4 rings (SSSR count). The molecule has 0 aliphatic carbocycles. The summed E-state index contributed by atoms with van der Waals surface area (Å²) in [5.41, 5.74) is 4.74. The van der Waals surface area contributed by atoms with E-state index >= 15 is 0 Å². The van der Waals surface area contributed by atoms with Crippen molar-refractivity contribution in [3.05, 3.63) is 81.4 Å². The zero-order valence-corrected chi connectivity index (χ0v) is 20.1. The maximum atomic E-state index is 12.6. The Kier molecular flexibility index (Phi) is 6.74. The molecule has 178 valence electrons. The van der Waals surface area contributed by atoms with Crippen LogP contribution in [-0.4, -0.2) is 27.5 Å². The van der Waals surface area contributed by atoms with Gasteiger partial charge in [0, 0.05) is 22.9 Å². The number of anilines is 1. The molecular weight excluding hydrogens is 468 g/mol. The highest BCUT2D eigenvalue weighted by atomic mass is 32.1. The van der Waals surface area contributed by atoms with Crippen molar-refractivity contribution in [1.29, 1.82) is 0 Å².